The number of nitrogens with zero attached hydrogens (tertiary/aromatic N) is 3. The minimum absolute atomic E-state index is 0.0252. The van der Waals surface area contributed by atoms with Crippen molar-refractivity contribution in [2.45, 2.75) is 13.5 Å². The molecule has 1 heterocycles. The van der Waals surface area contributed by atoms with Crippen LogP contribution in [0.15, 0.2) is 79.8 Å². The highest BCUT2D eigenvalue weighted by molar-refractivity contribution is 9.10. The molecule has 0 fully saturated rings. The number of benzene rings is 3. The third-order valence-electron chi connectivity index (χ3n) is 4.97. The standard InChI is InChI=1S/C24H19BrN4O6/c1-2-34-21-11-16(13-26-28-23(30)18-8-3-4-9-20(18)27-24(28)31)19(25)12-22(21)35-14-15-6-5-7-17(10-15)29(32)33/h3-13H,2,14H2,1H3,(H,27,31). The van der Waals surface area contributed by atoms with Gasteiger partial charge in [0.1, 0.15) is 6.61 Å². The highest BCUT2D eigenvalue weighted by Gasteiger charge is 2.13. The number of nitro groups is 1. The maximum atomic E-state index is 12.7. The second kappa shape index (κ2) is 10.3. The number of halogens is 1. The second-order valence-electron chi connectivity index (χ2n) is 7.31. The zero-order valence-corrected chi connectivity index (χ0v) is 20.0. The number of nitro benzene ring substituents is 1. The van der Waals surface area contributed by atoms with Crippen molar-refractivity contribution in [3.05, 3.63) is 107 Å². The predicted molar refractivity (Wildman–Crippen MR) is 135 cm³/mol. The summed E-state index contributed by atoms with van der Waals surface area (Å²) in [6.45, 7) is 2.26. The minimum Gasteiger partial charge on any atom is -0.490 e. The topological polar surface area (TPSA) is 129 Å². The van der Waals surface area contributed by atoms with Gasteiger partial charge in [0.05, 0.1) is 28.6 Å². The number of ether oxygens (including phenoxy) is 2. The molecule has 0 bridgehead atoms. The number of rotatable bonds is 8. The van der Waals surface area contributed by atoms with Crippen molar-refractivity contribution in [1.82, 2.24) is 9.66 Å². The van der Waals surface area contributed by atoms with Gasteiger partial charge in [-0.05, 0) is 52.7 Å². The van der Waals surface area contributed by atoms with E-state index in [1.165, 1.54) is 18.3 Å². The highest BCUT2D eigenvalue weighted by atomic mass is 79.9. The fraction of sp³-hybridized carbons (Fsp3) is 0.125. The van der Waals surface area contributed by atoms with Crippen molar-refractivity contribution in [2.75, 3.05) is 6.61 Å². The number of H-pyrrole nitrogens is 1. The molecule has 0 atom stereocenters. The van der Waals surface area contributed by atoms with E-state index in [0.29, 0.717) is 44.6 Å². The van der Waals surface area contributed by atoms with Gasteiger partial charge >= 0.3 is 5.69 Å². The van der Waals surface area contributed by atoms with Crippen LogP contribution >= 0.6 is 15.9 Å². The van der Waals surface area contributed by atoms with Crippen LogP contribution in [0.3, 0.4) is 0 Å². The molecule has 4 aromatic rings. The Kier molecular flexibility index (Phi) is 7.06. The Labute approximate surface area is 206 Å². The summed E-state index contributed by atoms with van der Waals surface area (Å²) in [6.07, 6.45) is 1.36. The smallest absolute Gasteiger partial charge is 0.349 e. The van der Waals surface area contributed by atoms with Crippen molar-refractivity contribution in [3.63, 3.8) is 0 Å². The molecule has 0 spiro atoms. The number of aromatic nitrogens is 2. The molecule has 1 N–H and O–H groups in total. The lowest BCUT2D eigenvalue weighted by molar-refractivity contribution is -0.384. The molecule has 0 radical (unpaired) electrons. The van der Waals surface area contributed by atoms with E-state index < -0.39 is 16.2 Å². The second-order valence-corrected chi connectivity index (χ2v) is 8.16. The maximum absolute atomic E-state index is 12.7. The Morgan fingerprint density at radius 1 is 1.09 bits per heavy atom. The molecule has 3 aromatic carbocycles. The fourth-order valence-corrected chi connectivity index (χ4v) is 3.75. The van der Waals surface area contributed by atoms with Crippen LogP contribution < -0.4 is 20.7 Å². The number of non-ortho nitro benzene ring substituents is 1. The molecule has 0 saturated heterocycles. The lowest BCUT2D eigenvalue weighted by atomic mass is 10.2. The Morgan fingerprint density at radius 3 is 2.63 bits per heavy atom. The van der Waals surface area contributed by atoms with Crippen LogP contribution in [0.2, 0.25) is 0 Å². The molecule has 0 saturated carbocycles. The first-order valence-corrected chi connectivity index (χ1v) is 11.3. The normalized spacial score (nSPS) is 11.1. The van der Waals surface area contributed by atoms with Gasteiger partial charge in [-0.2, -0.15) is 5.10 Å². The first kappa shape index (κ1) is 23.9. The summed E-state index contributed by atoms with van der Waals surface area (Å²) in [6, 6.07) is 16.2. The zero-order chi connectivity index (χ0) is 24.9. The largest absolute Gasteiger partial charge is 0.490 e. The average molecular weight is 539 g/mol. The van der Waals surface area contributed by atoms with Gasteiger partial charge in [-0.1, -0.05) is 24.3 Å². The molecule has 0 unspecified atom stereocenters. The van der Waals surface area contributed by atoms with E-state index in [1.54, 1.807) is 48.5 Å². The third kappa shape index (κ3) is 5.30. The lowest BCUT2D eigenvalue weighted by Gasteiger charge is -2.14. The molecule has 0 amide bonds. The molecule has 10 nitrogen and oxygen atoms in total. The van der Waals surface area contributed by atoms with Crippen molar-refractivity contribution < 1.29 is 14.4 Å². The van der Waals surface area contributed by atoms with Crippen molar-refractivity contribution >= 4 is 38.7 Å². The molecule has 178 valence electrons. The molecule has 1 aromatic heterocycles. The number of aromatic amines is 1. The summed E-state index contributed by atoms with van der Waals surface area (Å²) in [4.78, 5) is 38.2. The molecule has 4 rings (SSSR count). The molecule has 0 aliphatic heterocycles. The van der Waals surface area contributed by atoms with Crippen LogP contribution in [-0.2, 0) is 6.61 Å². The summed E-state index contributed by atoms with van der Waals surface area (Å²) >= 11 is 3.45. The summed E-state index contributed by atoms with van der Waals surface area (Å²) in [7, 11) is 0. The molecule has 35 heavy (non-hydrogen) atoms. The Morgan fingerprint density at radius 2 is 1.86 bits per heavy atom. The Balaban J connectivity index is 1.63. The van der Waals surface area contributed by atoms with Crippen molar-refractivity contribution in [2.24, 2.45) is 5.10 Å². The van der Waals surface area contributed by atoms with Gasteiger partial charge in [-0.3, -0.25) is 14.9 Å². The van der Waals surface area contributed by atoms with Gasteiger partial charge in [0, 0.05) is 22.2 Å². The fourth-order valence-electron chi connectivity index (χ4n) is 3.33. The highest BCUT2D eigenvalue weighted by Crippen LogP contribution is 2.34. The summed E-state index contributed by atoms with van der Waals surface area (Å²) in [5.41, 5.74) is 0.359. The molecule has 0 aliphatic carbocycles. The summed E-state index contributed by atoms with van der Waals surface area (Å²) < 4.78 is 12.9. The van der Waals surface area contributed by atoms with E-state index in [1.807, 2.05) is 6.92 Å². The van der Waals surface area contributed by atoms with Gasteiger partial charge in [-0.15, -0.1) is 4.68 Å². The van der Waals surface area contributed by atoms with E-state index in [-0.39, 0.29) is 12.3 Å². The van der Waals surface area contributed by atoms with Crippen LogP contribution in [0.5, 0.6) is 11.5 Å². The minimum atomic E-state index is -0.664. The van der Waals surface area contributed by atoms with Gasteiger partial charge in [0.15, 0.2) is 11.5 Å². The van der Waals surface area contributed by atoms with Crippen LogP contribution in [0.25, 0.3) is 10.9 Å². The molecular weight excluding hydrogens is 520 g/mol. The third-order valence-corrected chi connectivity index (χ3v) is 5.66. The van der Waals surface area contributed by atoms with Gasteiger partial charge in [-0.25, -0.2) is 4.79 Å². The number of nitrogens with one attached hydrogen (secondary N) is 1. The number of para-hydroxylation sites is 1. The van der Waals surface area contributed by atoms with Crippen molar-refractivity contribution in [1.29, 1.82) is 0 Å². The first-order chi connectivity index (χ1) is 16.9. The van der Waals surface area contributed by atoms with E-state index in [0.717, 1.165) is 4.68 Å². The first-order valence-electron chi connectivity index (χ1n) is 10.5. The predicted octanol–water partition coefficient (Wildman–Crippen LogP) is 4.22. The number of fused-ring (bicyclic) bond motifs is 1. The van der Waals surface area contributed by atoms with E-state index in [4.69, 9.17) is 9.47 Å². The van der Waals surface area contributed by atoms with Crippen LogP contribution in [0.1, 0.15) is 18.1 Å². The van der Waals surface area contributed by atoms with E-state index in [2.05, 4.69) is 26.0 Å². The quantitative estimate of drug-likeness (QED) is 0.203. The Hall–Kier alpha value is -4.25. The average Bonchev–Trinajstić information content (AvgIpc) is 2.84. The SMILES string of the molecule is CCOc1cc(C=Nn2c(=O)[nH]c3ccccc3c2=O)c(Br)cc1OCc1cccc([N+](=O)[O-])c1. The summed E-state index contributed by atoms with van der Waals surface area (Å²) in [5, 5.41) is 15.4. The molecule has 11 heteroatoms. The van der Waals surface area contributed by atoms with Crippen LogP contribution in [0.4, 0.5) is 5.69 Å². The number of hydrogen-bond acceptors (Lipinski definition) is 7. The molecule has 0 aliphatic rings. The van der Waals surface area contributed by atoms with Crippen molar-refractivity contribution in [3.8, 4) is 11.5 Å². The van der Waals surface area contributed by atoms with E-state index in [9.17, 15) is 19.7 Å². The molecular formula is C24H19BrN4O6. The van der Waals surface area contributed by atoms with Gasteiger partial charge in [0.25, 0.3) is 11.2 Å². The number of hydrogen-bond donors (Lipinski definition) is 1. The van der Waals surface area contributed by atoms with E-state index >= 15 is 0 Å². The lowest BCUT2D eigenvalue weighted by Crippen LogP contribution is -2.32. The van der Waals surface area contributed by atoms with Crippen LogP contribution in [0, 0.1) is 10.1 Å². The van der Waals surface area contributed by atoms with Crippen LogP contribution in [-0.4, -0.2) is 27.4 Å². The zero-order valence-electron chi connectivity index (χ0n) is 18.4. The summed E-state index contributed by atoms with van der Waals surface area (Å²) in [5.74, 6) is 0.811. The van der Waals surface area contributed by atoms with Gasteiger partial charge in [0.2, 0.25) is 0 Å². The van der Waals surface area contributed by atoms with Gasteiger partial charge < -0.3 is 14.5 Å². The maximum Gasteiger partial charge on any atom is 0.349 e. The Bertz CT molecular complexity index is 1560. The monoisotopic (exact) mass is 538 g/mol.